The zero-order valence-corrected chi connectivity index (χ0v) is 14.8. The van der Waals surface area contributed by atoms with Crippen molar-refractivity contribution in [2.75, 3.05) is 0 Å². The van der Waals surface area contributed by atoms with E-state index in [-0.39, 0.29) is 12.4 Å². The molecule has 0 aliphatic carbocycles. The molecular formula is C20H20ClN3. The number of benzene rings is 2. The molecule has 0 unspecified atom stereocenters. The highest BCUT2D eigenvalue weighted by atomic mass is 35.5. The summed E-state index contributed by atoms with van der Waals surface area (Å²) in [5, 5.41) is 9.49. The molecule has 0 atom stereocenters. The summed E-state index contributed by atoms with van der Waals surface area (Å²) in [6.45, 7) is 6.38. The van der Waals surface area contributed by atoms with Crippen molar-refractivity contribution in [3.05, 3.63) is 65.0 Å². The predicted molar refractivity (Wildman–Crippen MR) is 102 cm³/mol. The monoisotopic (exact) mass is 337 g/mol. The number of hydrogen-bond acceptors (Lipinski definition) is 2. The molecule has 0 saturated carbocycles. The first-order valence-electron chi connectivity index (χ1n) is 7.75. The number of nitrogens with one attached hydrogen (secondary N) is 1. The Kier molecular flexibility index (Phi) is 5.43. The third-order valence-electron chi connectivity index (χ3n) is 3.93. The number of hydrogen-bond donors (Lipinski definition) is 1. The van der Waals surface area contributed by atoms with Crippen LogP contribution in [0.25, 0.3) is 22.7 Å². The third kappa shape index (κ3) is 3.67. The summed E-state index contributed by atoms with van der Waals surface area (Å²) in [4.78, 5) is 7.76. The van der Waals surface area contributed by atoms with Crippen LogP contribution in [0.4, 0.5) is 0 Å². The first kappa shape index (κ1) is 17.8. The minimum Gasteiger partial charge on any atom is -0.337 e. The second kappa shape index (κ2) is 7.33. The standard InChI is InChI=1S/C20H19N3.ClH/c1-13(2)16-7-5-15(6-8-16)11-17(12-21)20-22-18-9-4-14(3)10-19(18)23-20;/h4-11,13H,1-3H3,(H,22,23);1H/b17-11+;. The van der Waals surface area contributed by atoms with Crippen molar-refractivity contribution in [2.24, 2.45) is 0 Å². The number of H-pyrrole nitrogens is 1. The average molecular weight is 338 g/mol. The van der Waals surface area contributed by atoms with Crippen molar-refractivity contribution >= 4 is 35.1 Å². The highest BCUT2D eigenvalue weighted by molar-refractivity contribution is 5.90. The summed E-state index contributed by atoms with van der Waals surface area (Å²) in [6.07, 6.45) is 1.87. The zero-order valence-electron chi connectivity index (χ0n) is 14.0. The topological polar surface area (TPSA) is 52.5 Å². The van der Waals surface area contributed by atoms with Crippen LogP contribution in [-0.2, 0) is 0 Å². The van der Waals surface area contributed by atoms with Gasteiger partial charge in [-0.05, 0) is 47.7 Å². The molecule has 0 saturated heterocycles. The van der Waals surface area contributed by atoms with Gasteiger partial charge in [0.1, 0.15) is 11.9 Å². The van der Waals surface area contributed by atoms with E-state index in [1.807, 2.05) is 43.3 Å². The number of imidazole rings is 1. The van der Waals surface area contributed by atoms with Crippen molar-refractivity contribution in [2.45, 2.75) is 26.7 Å². The molecule has 2 aromatic carbocycles. The smallest absolute Gasteiger partial charge is 0.149 e. The number of aromatic nitrogens is 2. The summed E-state index contributed by atoms with van der Waals surface area (Å²) < 4.78 is 0. The molecule has 0 spiro atoms. The molecule has 3 rings (SSSR count). The van der Waals surface area contributed by atoms with E-state index in [0.717, 1.165) is 16.6 Å². The normalized spacial score (nSPS) is 11.4. The first-order valence-corrected chi connectivity index (χ1v) is 7.75. The minimum atomic E-state index is 0. The largest absolute Gasteiger partial charge is 0.337 e. The van der Waals surface area contributed by atoms with E-state index in [1.165, 1.54) is 11.1 Å². The first-order chi connectivity index (χ1) is 11.1. The van der Waals surface area contributed by atoms with Gasteiger partial charge in [-0.15, -0.1) is 12.4 Å². The van der Waals surface area contributed by atoms with Crippen LogP contribution in [0.5, 0.6) is 0 Å². The Morgan fingerprint density at radius 3 is 2.50 bits per heavy atom. The lowest BCUT2D eigenvalue weighted by atomic mass is 10.0. The van der Waals surface area contributed by atoms with Crippen LogP contribution in [0.3, 0.4) is 0 Å². The fourth-order valence-corrected chi connectivity index (χ4v) is 2.55. The van der Waals surface area contributed by atoms with Gasteiger partial charge < -0.3 is 4.98 Å². The van der Waals surface area contributed by atoms with Crippen LogP contribution < -0.4 is 0 Å². The summed E-state index contributed by atoms with van der Waals surface area (Å²) in [7, 11) is 0. The van der Waals surface area contributed by atoms with Gasteiger partial charge in [-0.1, -0.05) is 44.2 Å². The predicted octanol–water partition coefficient (Wildman–Crippen LogP) is 5.48. The van der Waals surface area contributed by atoms with Crippen molar-refractivity contribution in [1.29, 1.82) is 5.26 Å². The molecule has 0 amide bonds. The van der Waals surface area contributed by atoms with Gasteiger partial charge in [0.2, 0.25) is 0 Å². The van der Waals surface area contributed by atoms with Gasteiger partial charge in [0.25, 0.3) is 0 Å². The van der Waals surface area contributed by atoms with Crippen LogP contribution in [0.1, 0.15) is 42.3 Å². The molecule has 122 valence electrons. The van der Waals surface area contributed by atoms with Gasteiger partial charge >= 0.3 is 0 Å². The van der Waals surface area contributed by atoms with Gasteiger partial charge in [-0.25, -0.2) is 4.98 Å². The number of fused-ring (bicyclic) bond motifs is 1. The second-order valence-corrected chi connectivity index (χ2v) is 6.10. The second-order valence-electron chi connectivity index (χ2n) is 6.10. The summed E-state index contributed by atoms with van der Waals surface area (Å²) in [6, 6.07) is 16.6. The number of nitrogens with zero attached hydrogens (tertiary/aromatic N) is 2. The van der Waals surface area contributed by atoms with Gasteiger partial charge in [-0.3, -0.25) is 0 Å². The van der Waals surface area contributed by atoms with Gasteiger partial charge in [0.15, 0.2) is 0 Å². The van der Waals surface area contributed by atoms with E-state index in [0.29, 0.717) is 17.3 Å². The molecule has 0 bridgehead atoms. The van der Waals surface area contributed by atoms with Crippen LogP contribution in [0.15, 0.2) is 42.5 Å². The molecule has 0 aliphatic heterocycles. The van der Waals surface area contributed by atoms with Crippen LogP contribution >= 0.6 is 12.4 Å². The van der Waals surface area contributed by atoms with Crippen LogP contribution in [0.2, 0.25) is 0 Å². The number of nitriles is 1. The molecule has 1 N–H and O–H groups in total. The Hall–Kier alpha value is -2.57. The Balaban J connectivity index is 0.00000208. The van der Waals surface area contributed by atoms with E-state index >= 15 is 0 Å². The van der Waals surface area contributed by atoms with E-state index in [1.54, 1.807) is 0 Å². The maximum Gasteiger partial charge on any atom is 0.149 e. The molecule has 1 aromatic heterocycles. The molecule has 0 aliphatic rings. The Labute approximate surface area is 148 Å². The zero-order chi connectivity index (χ0) is 16.4. The van der Waals surface area contributed by atoms with E-state index in [2.05, 4.69) is 42.0 Å². The van der Waals surface area contributed by atoms with E-state index < -0.39 is 0 Å². The van der Waals surface area contributed by atoms with Gasteiger partial charge in [0, 0.05) is 0 Å². The van der Waals surface area contributed by atoms with Gasteiger partial charge in [0.05, 0.1) is 16.6 Å². The lowest BCUT2D eigenvalue weighted by molar-refractivity contribution is 0.866. The lowest BCUT2D eigenvalue weighted by Crippen LogP contribution is -1.88. The molecule has 0 radical (unpaired) electrons. The van der Waals surface area contributed by atoms with Crippen LogP contribution in [-0.4, -0.2) is 9.97 Å². The van der Waals surface area contributed by atoms with Crippen LogP contribution in [0, 0.1) is 18.3 Å². The Bertz CT molecular complexity index is 912. The molecule has 1 heterocycles. The lowest BCUT2D eigenvalue weighted by Gasteiger charge is -2.04. The summed E-state index contributed by atoms with van der Waals surface area (Å²) in [5.41, 5.74) is 5.83. The fourth-order valence-electron chi connectivity index (χ4n) is 2.55. The molecule has 0 fully saturated rings. The van der Waals surface area contributed by atoms with E-state index in [4.69, 9.17) is 0 Å². The highest BCUT2D eigenvalue weighted by Gasteiger charge is 2.08. The van der Waals surface area contributed by atoms with Crippen molar-refractivity contribution < 1.29 is 0 Å². The number of aryl methyl sites for hydroxylation is 1. The molecule has 3 nitrogen and oxygen atoms in total. The average Bonchev–Trinajstić information content (AvgIpc) is 2.95. The highest BCUT2D eigenvalue weighted by Crippen LogP contribution is 2.21. The summed E-state index contributed by atoms with van der Waals surface area (Å²) in [5.74, 6) is 1.11. The number of allylic oxidation sites excluding steroid dienone is 1. The van der Waals surface area contributed by atoms with Crippen molar-refractivity contribution in [1.82, 2.24) is 9.97 Å². The number of aromatic amines is 1. The Morgan fingerprint density at radius 1 is 1.17 bits per heavy atom. The SMILES string of the molecule is Cc1ccc2nc(/C(C#N)=C/c3ccc(C(C)C)cc3)[nH]c2c1.Cl. The minimum absolute atomic E-state index is 0. The molecule has 3 aromatic rings. The number of halogens is 1. The fraction of sp³-hybridized carbons (Fsp3) is 0.200. The maximum atomic E-state index is 9.49. The van der Waals surface area contributed by atoms with E-state index in [9.17, 15) is 5.26 Å². The third-order valence-corrected chi connectivity index (χ3v) is 3.93. The van der Waals surface area contributed by atoms with Gasteiger partial charge in [-0.2, -0.15) is 5.26 Å². The quantitative estimate of drug-likeness (QED) is 0.643. The van der Waals surface area contributed by atoms with Crippen molar-refractivity contribution in [3.63, 3.8) is 0 Å². The molecule has 4 heteroatoms. The van der Waals surface area contributed by atoms with Crippen molar-refractivity contribution in [3.8, 4) is 6.07 Å². The Morgan fingerprint density at radius 2 is 1.88 bits per heavy atom. The molecule has 24 heavy (non-hydrogen) atoms. The summed E-state index contributed by atoms with van der Waals surface area (Å²) >= 11 is 0. The number of rotatable bonds is 3. The molecular weight excluding hydrogens is 318 g/mol. The maximum absolute atomic E-state index is 9.49.